The van der Waals surface area contributed by atoms with Gasteiger partial charge >= 0.3 is 0 Å². The van der Waals surface area contributed by atoms with E-state index in [4.69, 9.17) is 9.47 Å². The van der Waals surface area contributed by atoms with Crippen LogP contribution in [0.4, 0.5) is 0 Å². The molecule has 0 heterocycles. The minimum atomic E-state index is -0.153. The highest BCUT2D eigenvalue weighted by atomic mass is 16.5. The van der Waals surface area contributed by atoms with Crippen molar-refractivity contribution in [1.29, 1.82) is 0 Å². The lowest BCUT2D eigenvalue weighted by Crippen LogP contribution is -2.23. The van der Waals surface area contributed by atoms with Gasteiger partial charge in [0.1, 0.15) is 11.5 Å². The van der Waals surface area contributed by atoms with Crippen LogP contribution in [0.25, 0.3) is 10.8 Å². The van der Waals surface area contributed by atoms with Crippen molar-refractivity contribution in [2.24, 2.45) is 0 Å². The Bertz CT molecular complexity index is 1040. The zero-order chi connectivity index (χ0) is 20.8. The molecule has 0 atom stereocenters. The van der Waals surface area contributed by atoms with E-state index in [9.17, 15) is 9.59 Å². The fraction of sp³-hybridized carbons (Fsp3) is 0.250. The standard InChI is InChI=1S/C24H25NO4/c1-16-4-10-23(29-3)21(12-16)22(26)9-11-24(27)25-15-17-5-6-19-14-20(28-2)8-7-18(19)13-17/h4-8,10,12-14H,9,11,15H2,1-3H3,(H,25,27). The van der Waals surface area contributed by atoms with Crippen molar-refractivity contribution in [1.82, 2.24) is 5.32 Å². The molecule has 0 saturated heterocycles. The zero-order valence-corrected chi connectivity index (χ0v) is 17.0. The number of aryl methyl sites for hydroxylation is 1. The predicted molar refractivity (Wildman–Crippen MR) is 114 cm³/mol. The third-order valence-electron chi connectivity index (χ3n) is 4.84. The van der Waals surface area contributed by atoms with Gasteiger partial charge in [-0.3, -0.25) is 9.59 Å². The Morgan fingerprint density at radius 1 is 0.862 bits per heavy atom. The van der Waals surface area contributed by atoms with E-state index in [-0.39, 0.29) is 24.5 Å². The Kier molecular flexibility index (Phi) is 6.50. The van der Waals surface area contributed by atoms with Crippen molar-refractivity contribution < 1.29 is 19.1 Å². The topological polar surface area (TPSA) is 64.6 Å². The highest BCUT2D eigenvalue weighted by molar-refractivity contribution is 6.00. The first-order chi connectivity index (χ1) is 14.0. The number of hydrogen-bond acceptors (Lipinski definition) is 4. The Morgan fingerprint density at radius 3 is 2.38 bits per heavy atom. The maximum absolute atomic E-state index is 12.5. The SMILES string of the molecule is COc1ccc2cc(CNC(=O)CCC(=O)c3cc(C)ccc3OC)ccc2c1. The van der Waals surface area contributed by atoms with Gasteiger partial charge in [-0.25, -0.2) is 0 Å². The Hall–Kier alpha value is -3.34. The number of rotatable bonds is 8. The number of hydrogen-bond donors (Lipinski definition) is 1. The quantitative estimate of drug-likeness (QED) is 0.577. The number of carbonyl (C=O) groups excluding carboxylic acids is 2. The summed E-state index contributed by atoms with van der Waals surface area (Å²) in [6, 6.07) is 17.4. The molecule has 5 nitrogen and oxygen atoms in total. The number of carbonyl (C=O) groups is 2. The largest absolute Gasteiger partial charge is 0.497 e. The van der Waals surface area contributed by atoms with Gasteiger partial charge < -0.3 is 14.8 Å². The summed E-state index contributed by atoms with van der Waals surface area (Å²) in [5.74, 6) is 1.10. The number of fused-ring (bicyclic) bond motifs is 1. The molecular formula is C24H25NO4. The molecule has 0 fully saturated rings. The fourth-order valence-electron chi connectivity index (χ4n) is 3.20. The van der Waals surface area contributed by atoms with Crippen LogP contribution in [0, 0.1) is 6.92 Å². The van der Waals surface area contributed by atoms with E-state index in [0.717, 1.165) is 27.6 Å². The van der Waals surface area contributed by atoms with Crippen molar-refractivity contribution in [2.45, 2.75) is 26.3 Å². The van der Waals surface area contributed by atoms with Crippen LogP contribution in [0.2, 0.25) is 0 Å². The smallest absolute Gasteiger partial charge is 0.220 e. The van der Waals surface area contributed by atoms with Crippen LogP contribution >= 0.6 is 0 Å². The average Bonchev–Trinajstić information content (AvgIpc) is 2.75. The van der Waals surface area contributed by atoms with Crippen LogP contribution < -0.4 is 14.8 Å². The maximum atomic E-state index is 12.5. The highest BCUT2D eigenvalue weighted by Gasteiger charge is 2.14. The maximum Gasteiger partial charge on any atom is 0.220 e. The molecule has 3 aromatic carbocycles. The molecule has 0 aliphatic rings. The molecule has 0 unspecified atom stereocenters. The summed E-state index contributed by atoms with van der Waals surface area (Å²) in [7, 11) is 3.18. The van der Waals surface area contributed by atoms with Gasteiger partial charge in [0, 0.05) is 19.4 Å². The molecule has 0 aliphatic heterocycles. The summed E-state index contributed by atoms with van der Waals surface area (Å²) in [6.07, 6.45) is 0.282. The predicted octanol–water partition coefficient (Wildman–Crippen LogP) is 4.44. The molecule has 3 aromatic rings. The van der Waals surface area contributed by atoms with Gasteiger partial charge in [-0.2, -0.15) is 0 Å². The van der Waals surface area contributed by atoms with E-state index in [0.29, 0.717) is 17.9 Å². The van der Waals surface area contributed by atoms with Crippen LogP contribution in [0.5, 0.6) is 11.5 Å². The lowest BCUT2D eigenvalue weighted by Gasteiger charge is -2.09. The second kappa shape index (κ2) is 9.24. The van der Waals surface area contributed by atoms with Crippen LogP contribution in [-0.2, 0) is 11.3 Å². The average molecular weight is 391 g/mol. The van der Waals surface area contributed by atoms with E-state index in [2.05, 4.69) is 5.32 Å². The van der Waals surface area contributed by atoms with Crippen molar-refractivity contribution in [3.63, 3.8) is 0 Å². The molecule has 5 heteroatoms. The Balaban J connectivity index is 1.55. The summed E-state index contributed by atoms with van der Waals surface area (Å²) in [5.41, 5.74) is 2.50. The van der Waals surface area contributed by atoms with Crippen LogP contribution in [0.3, 0.4) is 0 Å². The Labute approximate surface area is 170 Å². The molecule has 0 aliphatic carbocycles. The number of ether oxygens (including phenoxy) is 2. The molecule has 29 heavy (non-hydrogen) atoms. The molecule has 1 amide bonds. The van der Waals surface area contributed by atoms with Gasteiger partial charge in [0.25, 0.3) is 0 Å². The fourth-order valence-corrected chi connectivity index (χ4v) is 3.20. The summed E-state index contributed by atoms with van der Waals surface area (Å²) >= 11 is 0. The van der Waals surface area contributed by atoms with Crippen LogP contribution in [-0.4, -0.2) is 25.9 Å². The van der Waals surface area contributed by atoms with E-state index < -0.39 is 0 Å². The molecule has 0 saturated carbocycles. The van der Waals surface area contributed by atoms with Gasteiger partial charge in [-0.05, 0) is 53.6 Å². The van der Waals surface area contributed by atoms with Crippen molar-refractivity contribution in [3.05, 3.63) is 71.3 Å². The van der Waals surface area contributed by atoms with E-state index in [1.54, 1.807) is 19.2 Å². The van der Waals surface area contributed by atoms with Crippen molar-refractivity contribution >= 4 is 22.5 Å². The van der Waals surface area contributed by atoms with Gasteiger partial charge in [0.2, 0.25) is 5.91 Å². The number of benzene rings is 3. The van der Waals surface area contributed by atoms with Gasteiger partial charge in [-0.1, -0.05) is 29.8 Å². The molecule has 0 aromatic heterocycles. The van der Waals surface area contributed by atoms with E-state index in [1.807, 2.05) is 49.4 Å². The van der Waals surface area contributed by atoms with Crippen molar-refractivity contribution in [3.8, 4) is 11.5 Å². The summed E-state index contributed by atoms with van der Waals surface area (Å²) in [5, 5.41) is 5.05. The minimum absolute atomic E-state index is 0.0969. The second-order valence-corrected chi connectivity index (χ2v) is 6.95. The van der Waals surface area contributed by atoms with E-state index >= 15 is 0 Å². The highest BCUT2D eigenvalue weighted by Crippen LogP contribution is 2.23. The van der Waals surface area contributed by atoms with Crippen LogP contribution in [0.15, 0.2) is 54.6 Å². The zero-order valence-electron chi connectivity index (χ0n) is 17.0. The third kappa shape index (κ3) is 5.13. The lowest BCUT2D eigenvalue weighted by molar-refractivity contribution is -0.121. The normalized spacial score (nSPS) is 10.6. The summed E-state index contributed by atoms with van der Waals surface area (Å²) < 4.78 is 10.5. The molecular weight excluding hydrogens is 366 g/mol. The molecule has 0 radical (unpaired) electrons. The molecule has 1 N–H and O–H groups in total. The third-order valence-corrected chi connectivity index (χ3v) is 4.84. The molecule has 3 rings (SSSR count). The van der Waals surface area contributed by atoms with Gasteiger partial charge in [0.15, 0.2) is 5.78 Å². The number of amides is 1. The molecule has 0 bridgehead atoms. The first-order valence-electron chi connectivity index (χ1n) is 9.51. The first-order valence-corrected chi connectivity index (χ1v) is 9.51. The number of methoxy groups -OCH3 is 2. The number of nitrogens with one attached hydrogen (secondary N) is 1. The molecule has 0 spiro atoms. The van der Waals surface area contributed by atoms with Gasteiger partial charge in [0.05, 0.1) is 19.8 Å². The monoisotopic (exact) mass is 391 g/mol. The minimum Gasteiger partial charge on any atom is -0.497 e. The van der Waals surface area contributed by atoms with E-state index in [1.165, 1.54) is 7.11 Å². The number of ketones is 1. The van der Waals surface area contributed by atoms with Crippen LogP contribution in [0.1, 0.15) is 34.3 Å². The lowest BCUT2D eigenvalue weighted by atomic mass is 10.0. The molecule has 150 valence electrons. The number of Topliss-reactive ketones (excluding diaryl/α,β-unsaturated/α-hetero) is 1. The summed E-state index contributed by atoms with van der Waals surface area (Å²) in [6.45, 7) is 2.34. The van der Waals surface area contributed by atoms with Crippen molar-refractivity contribution in [2.75, 3.05) is 14.2 Å². The Morgan fingerprint density at radius 2 is 1.62 bits per heavy atom. The second-order valence-electron chi connectivity index (χ2n) is 6.95. The van der Waals surface area contributed by atoms with Gasteiger partial charge in [-0.15, -0.1) is 0 Å². The first kappa shape index (κ1) is 20.4. The summed E-state index contributed by atoms with van der Waals surface area (Å²) in [4.78, 5) is 24.7.